The van der Waals surface area contributed by atoms with Gasteiger partial charge in [0.1, 0.15) is 6.04 Å². The van der Waals surface area contributed by atoms with Crippen molar-refractivity contribution in [2.75, 3.05) is 33.2 Å². The van der Waals surface area contributed by atoms with Gasteiger partial charge in [0.2, 0.25) is 5.91 Å². The number of aromatic nitrogens is 2. The van der Waals surface area contributed by atoms with Crippen molar-refractivity contribution in [3.8, 4) is 6.07 Å². The molecular weight excluding hydrogens is 526 g/mol. The molecule has 2 fully saturated rings. The lowest BCUT2D eigenvalue weighted by molar-refractivity contribution is -0.131. The number of likely N-dealkylation sites (tertiary alicyclic amines) is 2. The molecule has 0 saturated carbocycles. The van der Waals surface area contributed by atoms with E-state index in [0.717, 1.165) is 41.2 Å². The number of fused-ring (bicyclic) bond motifs is 1. The van der Waals surface area contributed by atoms with Crippen molar-refractivity contribution in [1.29, 1.82) is 5.26 Å². The Balaban J connectivity index is 1.23. The summed E-state index contributed by atoms with van der Waals surface area (Å²) >= 11 is 0. The molecular formula is C31H32F2N6O2. The lowest BCUT2D eigenvalue weighted by Gasteiger charge is -2.28. The molecule has 8 nitrogen and oxygen atoms in total. The summed E-state index contributed by atoms with van der Waals surface area (Å²) in [6.45, 7) is 0.954. The highest BCUT2D eigenvalue weighted by molar-refractivity contribution is 6.07. The molecule has 212 valence electrons. The Kier molecular flexibility index (Phi) is 8.36. The van der Waals surface area contributed by atoms with E-state index in [2.05, 4.69) is 39.4 Å². The van der Waals surface area contributed by atoms with Crippen LogP contribution in [-0.2, 0) is 11.2 Å². The lowest BCUT2D eigenvalue weighted by atomic mass is 9.92. The van der Waals surface area contributed by atoms with Gasteiger partial charge in [0.05, 0.1) is 30.2 Å². The van der Waals surface area contributed by atoms with Crippen molar-refractivity contribution in [3.63, 3.8) is 0 Å². The van der Waals surface area contributed by atoms with Crippen molar-refractivity contribution in [1.82, 2.24) is 25.1 Å². The van der Waals surface area contributed by atoms with E-state index in [1.165, 1.54) is 19.0 Å². The maximum atomic E-state index is 13.7. The molecule has 1 N–H and O–H groups in total. The van der Waals surface area contributed by atoms with E-state index >= 15 is 0 Å². The molecule has 0 aliphatic carbocycles. The van der Waals surface area contributed by atoms with Gasteiger partial charge in [-0.25, -0.2) is 8.78 Å². The van der Waals surface area contributed by atoms with Crippen LogP contribution in [0.4, 0.5) is 8.78 Å². The van der Waals surface area contributed by atoms with Crippen LogP contribution >= 0.6 is 0 Å². The van der Waals surface area contributed by atoms with E-state index in [-0.39, 0.29) is 0 Å². The third-order valence-electron chi connectivity index (χ3n) is 7.80. The molecule has 0 radical (unpaired) electrons. The zero-order valence-corrected chi connectivity index (χ0v) is 22.9. The summed E-state index contributed by atoms with van der Waals surface area (Å²) in [6.07, 6.45) is 9.95. The number of nitrogens with zero attached hydrogens (tertiary/aromatic N) is 5. The number of nitrogens with one attached hydrogen (secondary N) is 1. The number of hydrogen-bond acceptors (Lipinski definition) is 6. The molecule has 2 saturated heterocycles. The van der Waals surface area contributed by atoms with Gasteiger partial charge in [0.25, 0.3) is 11.8 Å². The summed E-state index contributed by atoms with van der Waals surface area (Å²) in [5.41, 5.74) is 3.82. The minimum atomic E-state index is -3.12. The third kappa shape index (κ3) is 6.92. The average Bonchev–Trinajstić information content (AvgIpc) is 3.30. The molecule has 0 spiro atoms. The number of pyridine rings is 2. The minimum absolute atomic E-state index is 0.307. The maximum Gasteiger partial charge on any atom is 0.268 e. The van der Waals surface area contributed by atoms with Gasteiger partial charge in [0.15, 0.2) is 0 Å². The van der Waals surface area contributed by atoms with Crippen molar-refractivity contribution < 1.29 is 18.4 Å². The highest BCUT2D eigenvalue weighted by atomic mass is 19.3. The molecule has 1 aromatic carbocycles. The number of nitriles is 1. The van der Waals surface area contributed by atoms with Crippen LogP contribution in [0, 0.1) is 17.2 Å². The Morgan fingerprint density at radius 3 is 2.61 bits per heavy atom. The predicted molar refractivity (Wildman–Crippen MR) is 152 cm³/mol. The smallest absolute Gasteiger partial charge is 0.268 e. The summed E-state index contributed by atoms with van der Waals surface area (Å²) in [5, 5.41) is 12.2. The van der Waals surface area contributed by atoms with Crippen LogP contribution in [-0.4, -0.2) is 76.8 Å². The first-order valence-electron chi connectivity index (χ1n) is 13.8. The average molecular weight is 559 g/mol. The van der Waals surface area contributed by atoms with Crippen LogP contribution in [0.25, 0.3) is 23.1 Å². The predicted octanol–water partition coefficient (Wildman–Crippen LogP) is 4.17. The molecule has 41 heavy (non-hydrogen) atoms. The number of carbonyl (C=O) groups excluding carboxylic acids is 2. The van der Waals surface area contributed by atoms with Crippen LogP contribution < -0.4 is 5.32 Å². The second-order valence-corrected chi connectivity index (χ2v) is 10.9. The Morgan fingerprint density at radius 2 is 1.88 bits per heavy atom. The number of hydrogen-bond donors (Lipinski definition) is 1. The Bertz CT molecular complexity index is 1490. The fraction of sp³-hybridized carbons (Fsp3) is 0.387. The van der Waals surface area contributed by atoms with Gasteiger partial charge in [-0.2, -0.15) is 5.26 Å². The van der Waals surface area contributed by atoms with E-state index in [1.807, 2.05) is 36.5 Å². The van der Waals surface area contributed by atoms with Gasteiger partial charge < -0.3 is 15.1 Å². The number of piperidine rings is 1. The zero-order chi connectivity index (χ0) is 29.0. The number of alkyl halides is 2. The standard InChI is InChI=1S/C31H32F2N6O2/c1-38-12-9-22(10-13-38)14-24-6-4-23(18-36-24)3-2-21-5-7-28-27(15-21)26(8-11-35-28)30(41)37-19-29(40)39-20-31(32,33)16-25(39)17-34/h2-8,11,15,18,22,25H,9-10,12-14,16,19-20H2,1H3,(H,37,41). The van der Waals surface area contributed by atoms with Gasteiger partial charge >= 0.3 is 0 Å². The minimum Gasteiger partial charge on any atom is -0.343 e. The number of halogens is 2. The van der Waals surface area contributed by atoms with Gasteiger partial charge in [-0.1, -0.05) is 24.3 Å². The van der Waals surface area contributed by atoms with Crippen LogP contribution in [0.5, 0.6) is 0 Å². The zero-order valence-electron chi connectivity index (χ0n) is 22.9. The van der Waals surface area contributed by atoms with Gasteiger partial charge in [-0.05, 0) is 80.7 Å². The molecule has 2 amide bonds. The number of rotatable bonds is 7. The first kappa shape index (κ1) is 28.3. The lowest BCUT2D eigenvalue weighted by Crippen LogP contribution is -2.43. The molecule has 3 aromatic rings. The first-order chi connectivity index (χ1) is 19.7. The molecule has 1 unspecified atom stereocenters. The van der Waals surface area contributed by atoms with E-state index in [0.29, 0.717) is 22.4 Å². The number of benzene rings is 1. The Morgan fingerprint density at radius 1 is 1.12 bits per heavy atom. The van der Waals surface area contributed by atoms with Gasteiger partial charge in [0, 0.05) is 29.9 Å². The molecule has 1 atom stereocenters. The SMILES string of the molecule is CN1CCC(Cc2ccc(C=Cc3ccc4nccc(C(=O)NCC(=O)N5CC(F)(F)CC5C#N)c4c3)cn2)CC1. The Labute approximate surface area is 237 Å². The van der Waals surface area contributed by atoms with Crippen LogP contribution in [0.15, 0.2) is 48.8 Å². The summed E-state index contributed by atoms with van der Waals surface area (Å²) in [6, 6.07) is 11.7. The summed E-state index contributed by atoms with van der Waals surface area (Å²) in [5.74, 6) is -3.70. The third-order valence-corrected chi connectivity index (χ3v) is 7.80. The van der Waals surface area contributed by atoms with Crippen molar-refractivity contribution in [3.05, 3.63) is 71.2 Å². The molecule has 2 aliphatic rings. The summed E-state index contributed by atoms with van der Waals surface area (Å²) in [7, 11) is 2.16. The van der Waals surface area contributed by atoms with Crippen LogP contribution in [0.1, 0.15) is 46.4 Å². The van der Waals surface area contributed by atoms with Crippen molar-refractivity contribution >= 4 is 34.9 Å². The summed E-state index contributed by atoms with van der Waals surface area (Å²) in [4.78, 5) is 37.7. The van der Waals surface area contributed by atoms with E-state index < -0.39 is 43.3 Å². The molecule has 4 heterocycles. The van der Waals surface area contributed by atoms with E-state index in [9.17, 15) is 18.4 Å². The van der Waals surface area contributed by atoms with Crippen LogP contribution in [0.3, 0.4) is 0 Å². The number of amides is 2. The molecule has 2 aliphatic heterocycles. The second-order valence-electron chi connectivity index (χ2n) is 10.9. The van der Waals surface area contributed by atoms with E-state index in [4.69, 9.17) is 5.26 Å². The maximum absolute atomic E-state index is 13.7. The molecule has 10 heteroatoms. The second kappa shape index (κ2) is 12.1. The molecule has 5 rings (SSSR count). The first-order valence-corrected chi connectivity index (χ1v) is 13.8. The molecule has 2 aromatic heterocycles. The normalized spacial score (nSPS) is 19.5. The Hall–Kier alpha value is -4.23. The van der Waals surface area contributed by atoms with Crippen molar-refractivity contribution in [2.24, 2.45) is 5.92 Å². The van der Waals surface area contributed by atoms with Crippen LogP contribution in [0.2, 0.25) is 0 Å². The quantitative estimate of drug-likeness (QED) is 0.467. The van der Waals surface area contributed by atoms with Crippen molar-refractivity contribution in [2.45, 2.75) is 37.6 Å². The number of carbonyl (C=O) groups is 2. The highest BCUT2D eigenvalue weighted by Crippen LogP contribution is 2.31. The van der Waals surface area contributed by atoms with Gasteiger partial charge in [-0.3, -0.25) is 19.6 Å². The monoisotopic (exact) mass is 558 g/mol. The fourth-order valence-corrected chi connectivity index (χ4v) is 5.42. The largest absolute Gasteiger partial charge is 0.343 e. The fourth-order valence-electron chi connectivity index (χ4n) is 5.42. The summed E-state index contributed by atoms with van der Waals surface area (Å²) < 4.78 is 27.4. The highest BCUT2D eigenvalue weighted by Gasteiger charge is 2.47. The van der Waals surface area contributed by atoms with E-state index in [1.54, 1.807) is 12.1 Å². The topological polar surface area (TPSA) is 102 Å². The van der Waals surface area contributed by atoms with Gasteiger partial charge in [-0.15, -0.1) is 0 Å². The molecule has 0 bridgehead atoms.